The number of halogens is 3. The lowest BCUT2D eigenvalue weighted by atomic mass is 9.80. The Labute approximate surface area is 258 Å². The molecule has 45 heavy (non-hydrogen) atoms. The number of alkyl halides is 3. The molecular weight excluding hydrogens is 581 g/mol. The SMILES string of the molecule is Cc1cc(C(F)(F)F)nn1-c1ccc(Cn2c(=O)[nH]c3cnc(-c4c(C5CCCCC5)ncnc4C4CCCCC4)nc32)cc1. The number of aromatic nitrogens is 8. The number of nitrogens with one attached hydrogen (secondary N) is 1. The average Bonchev–Trinajstić information content (AvgIpc) is 3.61. The van der Waals surface area contributed by atoms with Crippen LogP contribution in [0.4, 0.5) is 13.2 Å². The highest BCUT2D eigenvalue weighted by molar-refractivity contribution is 5.74. The van der Waals surface area contributed by atoms with Crippen molar-refractivity contribution in [1.82, 2.24) is 39.3 Å². The molecule has 4 aromatic heterocycles. The first kappa shape index (κ1) is 29.4. The molecule has 0 saturated heterocycles. The zero-order valence-electron chi connectivity index (χ0n) is 25.1. The van der Waals surface area contributed by atoms with Crippen molar-refractivity contribution in [3.05, 3.63) is 81.7 Å². The molecule has 9 nitrogen and oxygen atoms in total. The highest BCUT2D eigenvalue weighted by Crippen LogP contribution is 2.42. The quantitative estimate of drug-likeness (QED) is 0.216. The molecule has 2 aliphatic carbocycles. The van der Waals surface area contributed by atoms with Crippen molar-refractivity contribution in [3.8, 4) is 17.1 Å². The van der Waals surface area contributed by atoms with E-state index < -0.39 is 11.9 Å². The van der Waals surface area contributed by atoms with Crippen molar-refractivity contribution in [1.29, 1.82) is 0 Å². The van der Waals surface area contributed by atoms with Crippen LogP contribution in [0.3, 0.4) is 0 Å². The fraction of sp³-hybridized carbons (Fsp3) is 0.455. The number of hydrogen-bond donors (Lipinski definition) is 1. The van der Waals surface area contributed by atoms with Gasteiger partial charge >= 0.3 is 11.9 Å². The topological polar surface area (TPSA) is 107 Å². The zero-order chi connectivity index (χ0) is 31.1. The van der Waals surface area contributed by atoms with E-state index in [9.17, 15) is 18.0 Å². The molecule has 1 N–H and O–H groups in total. The maximum Gasteiger partial charge on any atom is 0.435 e. The van der Waals surface area contributed by atoms with Crippen LogP contribution in [0.5, 0.6) is 0 Å². The Hall–Kier alpha value is -4.35. The summed E-state index contributed by atoms with van der Waals surface area (Å²) in [6.45, 7) is 1.80. The molecule has 7 rings (SSSR count). The molecule has 1 aromatic carbocycles. The second-order valence-corrected chi connectivity index (χ2v) is 12.4. The van der Waals surface area contributed by atoms with E-state index in [2.05, 4.69) is 10.1 Å². The molecule has 0 unspecified atom stereocenters. The van der Waals surface area contributed by atoms with E-state index in [4.69, 9.17) is 19.9 Å². The van der Waals surface area contributed by atoms with Gasteiger partial charge in [0.15, 0.2) is 17.2 Å². The normalized spacial score (nSPS) is 16.9. The van der Waals surface area contributed by atoms with Gasteiger partial charge in [0.2, 0.25) is 0 Å². The number of fused-ring (bicyclic) bond motifs is 1. The monoisotopic (exact) mass is 616 g/mol. The third-order valence-electron chi connectivity index (χ3n) is 9.32. The Balaban J connectivity index is 1.25. The highest BCUT2D eigenvalue weighted by atomic mass is 19.4. The number of H-pyrrole nitrogens is 1. The summed E-state index contributed by atoms with van der Waals surface area (Å²) >= 11 is 0. The summed E-state index contributed by atoms with van der Waals surface area (Å²) in [5.74, 6) is 1.20. The van der Waals surface area contributed by atoms with Crippen molar-refractivity contribution in [2.75, 3.05) is 0 Å². The number of benzene rings is 1. The second-order valence-electron chi connectivity index (χ2n) is 12.4. The van der Waals surface area contributed by atoms with Crippen LogP contribution in [0.2, 0.25) is 0 Å². The number of hydrogen-bond acceptors (Lipinski definition) is 6. The standard InChI is InChI=1S/C33H35F3N8O/c1-20-16-26(33(34,35)36)42-44(20)24-14-12-21(13-15-24)18-43-31-25(40-32(43)45)17-37-30(41-31)27-28(22-8-4-2-5-9-22)38-19-39-29(27)23-10-6-3-7-11-23/h12-17,19,22-23H,2-11,18H2,1H3,(H,40,45). The van der Waals surface area contributed by atoms with Crippen LogP contribution in [0.15, 0.2) is 47.7 Å². The molecule has 12 heteroatoms. The average molecular weight is 617 g/mol. The molecule has 5 aromatic rings. The van der Waals surface area contributed by atoms with Gasteiger partial charge in [-0.25, -0.2) is 29.4 Å². The maximum atomic E-state index is 13.2. The molecular formula is C33H35F3N8O. The highest BCUT2D eigenvalue weighted by Gasteiger charge is 2.34. The maximum absolute atomic E-state index is 13.2. The summed E-state index contributed by atoms with van der Waals surface area (Å²) in [6, 6.07) is 7.98. The summed E-state index contributed by atoms with van der Waals surface area (Å²) in [5, 5.41) is 3.74. The van der Waals surface area contributed by atoms with Crippen molar-refractivity contribution >= 4 is 11.2 Å². The molecule has 2 saturated carbocycles. The number of rotatable bonds is 6. The fourth-order valence-corrected chi connectivity index (χ4v) is 7.03. The van der Waals surface area contributed by atoms with Gasteiger partial charge in [-0.2, -0.15) is 18.3 Å². The Morgan fingerprint density at radius 1 is 0.889 bits per heavy atom. The predicted octanol–water partition coefficient (Wildman–Crippen LogP) is 7.23. The first-order valence-corrected chi connectivity index (χ1v) is 15.8. The van der Waals surface area contributed by atoms with Gasteiger partial charge in [-0.15, -0.1) is 0 Å². The first-order chi connectivity index (χ1) is 21.8. The minimum atomic E-state index is -4.52. The minimum absolute atomic E-state index is 0.220. The van der Waals surface area contributed by atoms with Gasteiger partial charge in [0, 0.05) is 17.5 Å². The van der Waals surface area contributed by atoms with E-state index in [1.807, 2.05) is 0 Å². The molecule has 2 aliphatic rings. The molecule has 0 atom stereocenters. The van der Waals surface area contributed by atoms with Gasteiger partial charge in [0.25, 0.3) is 0 Å². The smallest absolute Gasteiger partial charge is 0.303 e. The number of nitrogens with zero attached hydrogens (tertiary/aromatic N) is 7. The summed E-state index contributed by atoms with van der Waals surface area (Å²) in [4.78, 5) is 35.4. The second kappa shape index (κ2) is 11.9. The lowest BCUT2D eigenvalue weighted by molar-refractivity contribution is -0.141. The molecule has 2 fully saturated rings. The molecule has 0 bridgehead atoms. The van der Waals surface area contributed by atoms with Gasteiger partial charge in [-0.1, -0.05) is 50.7 Å². The molecule has 0 radical (unpaired) electrons. The van der Waals surface area contributed by atoms with E-state index in [0.717, 1.165) is 54.3 Å². The lowest BCUT2D eigenvalue weighted by Crippen LogP contribution is -2.18. The molecule has 4 heterocycles. The molecule has 234 valence electrons. The fourth-order valence-electron chi connectivity index (χ4n) is 7.03. The third kappa shape index (κ3) is 5.78. The van der Waals surface area contributed by atoms with Crippen molar-refractivity contribution in [2.45, 2.75) is 95.7 Å². The van der Waals surface area contributed by atoms with Crippen LogP contribution >= 0.6 is 0 Å². The molecule has 0 spiro atoms. The largest absolute Gasteiger partial charge is 0.435 e. The van der Waals surface area contributed by atoms with Crippen molar-refractivity contribution < 1.29 is 13.2 Å². The van der Waals surface area contributed by atoms with Gasteiger partial charge in [-0.3, -0.25) is 4.57 Å². The summed E-state index contributed by atoms with van der Waals surface area (Å²) in [6.07, 6.45) is 10.3. The van der Waals surface area contributed by atoms with Crippen LogP contribution in [-0.4, -0.2) is 39.3 Å². The third-order valence-corrected chi connectivity index (χ3v) is 9.32. The Morgan fingerprint density at radius 3 is 2.09 bits per heavy atom. The lowest BCUT2D eigenvalue weighted by Gasteiger charge is -2.27. The zero-order valence-corrected chi connectivity index (χ0v) is 25.1. The minimum Gasteiger partial charge on any atom is -0.303 e. The summed E-state index contributed by atoms with van der Waals surface area (Å²) < 4.78 is 42.4. The van der Waals surface area contributed by atoms with Gasteiger partial charge in [-0.05, 0) is 56.4 Å². The van der Waals surface area contributed by atoms with Crippen LogP contribution in [-0.2, 0) is 12.7 Å². The van der Waals surface area contributed by atoms with E-state index in [-0.39, 0.29) is 12.2 Å². The number of imidazole rings is 1. The summed E-state index contributed by atoms with van der Waals surface area (Å²) in [5.41, 5.74) is 4.39. The van der Waals surface area contributed by atoms with Crippen molar-refractivity contribution in [2.24, 2.45) is 0 Å². The number of aryl methyl sites for hydroxylation is 1. The Bertz CT molecular complexity index is 1840. The molecule has 0 aliphatic heterocycles. The number of aromatic amines is 1. The predicted molar refractivity (Wildman–Crippen MR) is 163 cm³/mol. The van der Waals surface area contributed by atoms with E-state index in [1.54, 1.807) is 48.3 Å². The Morgan fingerprint density at radius 2 is 1.51 bits per heavy atom. The van der Waals surface area contributed by atoms with E-state index >= 15 is 0 Å². The first-order valence-electron chi connectivity index (χ1n) is 15.8. The summed E-state index contributed by atoms with van der Waals surface area (Å²) in [7, 11) is 0. The van der Waals surface area contributed by atoms with Crippen LogP contribution in [0, 0.1) is 6.92 Å². The van der Waals surface area contributed by atoms with Crippen molar-refractivity contribution in [3.63, 3.8) is 0 Å². The van der Waals surface area contributed by atoms with Crippen LogP contribution in [0.1, 0.15) is 104 Å². The van der Waals surface area contributed by atoms with Crippen LogP contribution in [0.25, 0.3) is 28.2 Å². The Kier molecular flexibility index (Phi) is 7.74. The van der Waals surface area contributed by atoms with Gasteiger partial charge in [0.05, 0.1) is 35.4 Å². The van der Waals surface area contributed by atoms with E-state index in [1.165, 1.54) is 43.2 Å². The molecule has 0 amide bonds. The van der Waals surface area contributed by atoms with E-state index in [0.29, 0.717) is 40.2 Å². The van der Waals surface area contributed by atoms with Crippen LogP contribution < -0.4 is 5.69 Å². The van der Waals surface area contributed by atoms with Gasteiger partial charge in [0.1, 0.15) is 11.8 Å². The van der Waals surface area contributed by atoms with Gasteiger partial charge < -0.3 is 4.98 Å².